The number of aldehydes is 1. The van der Waals surface area contributed by atoms with Gasteiger partial charge in [0.15, 0.2) is 6.29 Å². The van der Waals surface area contributed by atoms with Crippen LogP contribution in [0.1, 0.15) is 83.1 Å². The summed E-state index contributed by atoms with van der Waals surface area (Å²) in [4.78, 5) is 24.6. The molecule has 4 aliphatic carbocycles. The van der Waals surface area contributed by atoms with Crippen LogP contribution < -0.4 is 5.63 Å². The standard InChI is InChI=1S/C31H44O9/c1-17-25(34)27(37-3)26(35)28(39-17)40-20-8-12-30(16-32)19(14-20)5-6-23-22(30)9-11-29(2)21(10-13-31(23,29)36)18-4-7-24(33)38-15-18/h4,7,15-17,19-23,25-28,34-36H,5-6,8-14H2,1-3H3/t17?,19-,20?,21?,22-,23+,25?,26?,27?,28?,29?,30?,31?/m0/s1. The van der Waals surface area contributed by atoms with Crippen molar-refractivity contribution in [3.8, 4) is 0 Å². The molecule has 9 nitrogen and oxygen atoms in total. The molecule has 6 rings (SSSR count). The highest BCUT2D eigenvalue weighted by molar-refractivity contribution is 5.62. The molecule has 0 spiro atoms. The Balaban J connectivity index is 1.19. The molecular formula is C31H44O9. The number of aliphatic hydroxyl groups excluding tert-OH is 2. The number of fused-ring (bicyclic) bond motifs is 5. The largest absolute Gasteiger partial charge is 0.431 e. The van der Waals surface area contributed by atoms with Crippen LogP contribution in [0.25, 0.3) is 0 Å². The van der Waals surface area contributed by atoms with E-state index in [2.05, 4.69) is 6.92 Å². The highest BCUT2D eigenvalue weighted by Gasteiger charge is 2.68. The Bertz CT molecular complexity index is 1130. The van der Waals surface area contributed by atoms with E-state index in [9.17, 15) is 24.9 Å². The van der Waals surface area contributed by atoms with Gasteiger partial charge in [-0.25, -0.2) is 4.79 Å². The van der Waals surface area contributed by atoms with Gasteiger partial charge >= 0.3 is 5.63 Å². The number of carbonyl (C=O) groups excluding carboxylic acids is 1. The molecule has 40 heavy (non-hydrogen) atoms. The normalized spacial score (nSPS) is 50.5. The molecule has 1 aliphatic heterocycles. The van der Waals surface area contributed by atoms with Crippen molar-refractivity contribution in [3.05, 3.63) is 34.4 Å². The van der Waals surface area contributed by atoms with Crippen molar-refractivity contribution in [3.63, 3.8) is 0 Å². The van der Waals surface area contributed by atoms with Gasteiger partial charge in [0.25, 0.3) is 0 Å². The van der Waals surface area contributed by atoms with E-state index in [1.54, 1.807) is 13.2 Å². The van der Waals surface area contributed by atoms with E-state index in [-0.39, 0.29) is 40.8 Å². The first-order chi connectivity index (χ1) is 19.1. The molecule has 0 amide bonds. The highest BCUT2D eigenvalue weighted by atomic mass is 16.7. The first-order valence-electron chi connectivity index (χ1n) is 15.1. The van der Waals surface area contributed by atoms with Crippen molar-refractivity contribution in [2.24, 2.45) is 28.6 Å². The summed E-state index contributed by atoms with van der Waals surface area (Å²) in [5.41, 5.74) is -1.12. The SMILES string of the molecule is COC1C(O)C(C)OC(OC2CCC3(C=O)[C@@H](CC[C@@H]4[C@@H]3CCC3(C)C(c5ccc(=O)oc5)CCC43O)C2)C1O. The summed E-state index contributed by atoms with van der Waals surface area (Å²) in [7, 11) is 1.46. The number of carbonyl (C=O) groups is 1. The second kappa shape index (κ2) is 10.3. The summed E-state index contributed by atoms with van der Waals surface area (Å²) in [6.45, 7) is 3.93. The van der Waals surface area contributed by atoms with Crippen molar-refractivity contribution in [1.29, 1.82) is 0 Å². The molecule has 1 saturated heterocycles. The van der Waals surface area contributed by atoms with Crippen LogP contribution in [0.3, 0.4) is 0 Å². The van der Waals surface area contributed by atoms with Gasteiger partial charge in [0, 0.05) is 24.0 Å². The van der Waals surface area contributed by atoms with Gasteiger partial charge in [0.2, 0.25) is 0 Å². The summed E-state index contributed by atoms with van der Waals surface area (Å²) < 4.78 is 22.6. The third kappa shape index (κ3) is 4.10. The van der Waals surface area contributed by atoms with Crippen molar-refractivity contribution in [2.45, 2.75) is 120 Å². The minimum absolute atomic E-state index is 0.0409. The Labute approximate surface area is 235 Å². The van der Waals surface area contributed by atoms with E-state index in [4.69, 9.17) is 18.6 Å². The quantitative estimate of drug-likeness (QED) is 0.367. The lowest BCUT2D eigenvalue weighted by Gasteiger charge is -2.63. The fraction of sp³-hybridized carbons (Fsp3) is 0.806. The molecule has 5 fully saturated rings. The molecule has 10 unspecified atom stereocenters. The van der Waals surface area contributed by atoms with E-state index >= 15 is 0 Å². The van der Waals surface area contributed by atoms with E-state index in [1.165, 1.54) is 19.5 Å². The van der Waals surface area contributed by atoms with E-state index < -0.39 is 41.7 Å². The molecule has 0 bridgehead atoms. The molecule has 1 aromatic heterocycles. The molecule has 9 heteroatoms. The molecule has 5 aliphatic rings. The predicted molar refractivity (Wildman–Crippen MR) is 143 cm³/mol. The van der Waals surface area contributed by atoms with Crippen LogP contribution in [-0.4, -0.2) is 71.1 Å². The Morgan fingerprint density at radius 1 is 1.02 bits per heavy atom. The topological polar surface area (TPSA) is 136 Å². The van der Waals surface area contributed by atoms with Crippen LogP contribution in [0, 0.1) is 28.6 Å². The van der Waals surface area contributed by atoms with Gasteiger partial charge in [-0.2, -0.15) is 0 Å². The number of methoxy groups -OCH3 is 1. The van der Waals surface area contributed by atoms with Gasteiger partial charge in [-0.1, -0.05) is 6.92 Å². The van der Waals surface area contributed by atoms with E-state index in [0.29, 0.717) is 25.7 Å². The second-order valence-electron chi connectivity index (χ2n) is 13.5. The maximum Gasteiger partial charge on any atom is 0.335 e. The van der Waals surface area contributed by atoms with Crippen molar-refractivity contribution < 1.29 is 38.7 Å². The molecule has 2 heterocycles. The lowest BCUT2D eigenvalue weighted by molar-refractivity contribution is -0.312. The van der Waals surface area contributed by atoms with Crippen molar-refractivity contribution in [1.82, 2.24) is 0 Å². The zero-order valence-electron chi connectivity index (χ0n) is 23.7. The first kappa shape index (κ1) is 28.5. The average molecular weight is 561 g/mol. The lowest BCUT2D eigenvalue weighted by atomic mass is 9.43. The molecule has 222 valence electrons. The van der Waals surface area contributed by atoms with Gasteiger partial charge in [0.1, 0.15) is 24.6 Å². The highest BCUT2D eigenvalue weighted by Crippen LogP contribution is 2.70. The summed E-state index contributed by atoms with van der Waals surface area (Å²) in [5.74, 6) is 0.398. The van der Waals surface area contributed by atoms with E-state index in [1.807, 2.05) is 6.07 Å². The van der Waals surface area contributed by atoms with Crippen LogP contribution in [0.2, 0.25) is 0 Å². The molecule has 1 aromatic rings. The molecule has 13 atom stereocenters. The van der Waals surface area contributed by atoms with Gasteiger partial charge in [-0.15, -0.1) is 0 Å². The van der Waals surface area contributed by atoms with E-state index in [0.717, 1.165) is 37.7 Å². The third-order valence-corrected chi connectivity index (χ3v) is 12.1. The minimum Gasteiger partial charge on any atom is -0.431 e. The molecule has 3 N–H and O–H groups in total. The zero-order valence-corrected chi connectivity index (χ0v) is 23.7. The van der Waals surface area contributed by atoms with Crippen LogP contribution in [-0.2, 0) is 19.0 Å². The van der Waals surface area contributed by atoms with Gasteiger partial charge < -0.3 is 38.7 Å². The summed E-state index contributed by atoms with van der Waals surface area (Å²) in [6, 6.07) is 3.30. The van der Waals surface area contributed by atoms with Crippen LogP contribution >= 0.6 is 0 Å². The molecular weight excluding hydrogens is 516 g/mol. The van der Waals surface area contributed by atoms with Crippen molar-refractivity contribution in [2.75, 3.05) is 7.11 Å². The number of hydrogen-bond acceptors (Lipinski definition) is 9. The van der Waals surface area contributed by atoms with Crippen LogP contribution in [0.4, 0.5) is 0 Å². The lowest BCUT2D eigenvalue weighted by Crippen LogP contribution is -2.63. The summed E-state index contributed by atoms with van der Waals surface area (Å²) >= 11 is 0. The van der Waals surface area contributed by atoms with Gasteiger partial charge in [-0.3, -0.25) is 0 Å². The van der Waals surface area contributed by atoms with Crippen LogP contribution in [0.15, 0.2) is 27.6 Å². The smallest absolute Gasteiger partial charge is 0.335 e. The van der Waals surface area contributed by atoms with Crippen molar-refractivity contribution >= 4 is 6.29 Å². The zero-order chi connectivity index (χ0) is 28.4. The Morgan fingerprint density at radius 2 is 1.82 bits per heavy atom. The molecule has 0 radical (unpaired) electrons. The fourth-order valence-corrected chi connectivity index (χ4v) is 9.91. The second-order valence-corrected chi connectivity index (χ2v) is 13.5. The minimum atomic E-state index is -1.11. The maximum absolute atomic E-state index is 13.0. The molecule has 4 saturated carbocycles. The Hall–Kier alpha value is -1.62. The monoisotopic (exact) mass is 560 g/mol. The van der Waals surface area contributed by atoms with Crippen LogP contribution in [0.5, 0.6) is 0 Å². The number of hydrogen-bond donors (Lipinski definition) is 3. The predicted octanol–water partition coefficient (Wildman–Crippen LogP) is 2.93. The van der Waals surface area contributed by atoms with Gasteiger partial charge in [-0.05, 0) is 100 Å². The number of aliphatic hydroxyl groups is 3. The number of ether oxygens (including phenoxy) is 3. The Morgan fingerprint density at radius 3 is 2.52 bits per heavy atom. The maximum atomic E-state index is 13.0. The Kier molecular flexibility index (Phi) is 7.32. The third-order valence-electron chi connectivity index (χ3n) is 12.1. The summed E-state index contributed by atoms with van der Waals surface area (Å²) in [5, 5.41) is 33.5. The molecule has 0 aromatic carbocycles. The summed E-state index contributed by atoms with van der Waals surface area (Å²) in [6.07, 6.45) is 5.26. The first-order valence-corrected chi connectivity index (χ1v) is 15.1. The number of rotatable bonds is 5. The average Bonchev–Trinajstić information content (AvgIpc) is 3.23. The fourth-order valence-electron chi connectivity index (χ4n) is 9.91. The van der Waals surface area contributed by atoms with Gasteiger partial charge in [0.05, 0.1) is 24.1 Å².